The molecule has 4 rings (SSSR count). The van der Waals surface area contributed by atoms with Crippen LogP contribution in [0.1, 0.15) is 42.3 Å². The number of aliphatic hydroxyl groups is 2. The maximum Gasteiger partial charge on any atom is 0.137 e. The number of hydrogen-bond donors (Lipinski definition) is 2. The summed E-state index contributed by atoms with van der Waals surface area (Å²) in [4.78, 5) is 6.53. The standard InChI is InChI=1S/C29H39N3O4/c1-4-28-30-10-13-32(28)11-6-14-35-25-8-5-7-24(18-25)19-31-12-9-27(33)29(34,20-31)21-36-26-16-22(2)15-23(3)17-26/h5,7-8,10,13,15-18,27,33-34H,4,6,9,11-12,14,19-21H2,1-3H3/t27-,29-/m0/s1. The summed E-state index contributed by atoms with van der Waals surface area (Å²) in [7, 11) is 0. The zero-order chi connectivity index (χ0) is 25.5. The highest BCUT2D eigenvalue weighted by molar-refractivity contribution is 5.33. The fraction of sp³-hybridized carbons (Fsp3) is 0.483. The Hall–Kier alpha value is -2.87. The number of aryl methyl sites for hydroxylation is 4. The van der Waals surface area contributed by atoms with Crippen LogP contribution in [0.5, 0.6) is 11.5 Å². The normalized spacial score (nSPS) is 20.4. The van der Waals surface area contributed by atoms with Crippen molar-refractivity contribution in [1.29, 1.82) is 0 Å². The van der Waals surface area contributed by atoms with Gasteiger partial charge in [0.1, 0.15) is 29.5 Å². The molecule has 0 saturated carbocycles. The number of β-amino-alcohol motifs (C(OH)–C–C–N with tert-alkyl or cyclic N) is 1. The van der Waals surface area contributed by atoms with Gasteiger partial charge in [-0.1, -0.05) is 25.1 Å². The van der Waals surface area contributed by atoms with E-state index in [4.69, 9.17) is 9.47 Å². The number of aliphatic hydroxyl groups excluding tert-OH is 1. The second kappa shape index (κ2) is 11.9. The van der Waals surface area contributed by atoms with Gasteiger partial charge in [0.15, 0.2) is 0 Å². The van der Waals surface area contributed by atoms with Crippen LogP contribution in [0.25, 0.3) is 0 Å². The second-order valence-corrected chi connectivity index (χ2v) is 9.97. The molecule has 0 bridgehead atoms. The van der Waals surface area contributed by atoms with Crippen LogP contribution in [0.15, 0.2) is 54.9 Å². The van der Waals surface area contributed by atoms with Gasteiger partial charge in [-0.2, -0.15) is 0 Å². The van der Waals surface area contributed by atoms with E-state index in [9.17, 15) is 10.2 Å². The highest BCUT2D eigenvalue weighted by Crippen LogP contribution is 2.26. The summed E-state index contributed by atoms with van der Waals surface area (Å²) in [6, 6.07) is 14.1. The lowest BCUT2D eigenvalue weighted by Crippen LogP contribution is -2.59. The Morgan fingerprint density at radius 1 is 1.08 bits per heavy atom. The van der Waals surface area contributed by atoms with Crippen LogP contribution in [0, 0.1) is 13.8 Å². The molecule has 0 aliphatic carbocycles. The van der Waals surface area contributed by atoms with Crippen molar-refractivity contribution in [2.45, 2.75) is 64.8 Å². The third-order valence-corrected chi connectivity index (χ3v) is 6.76. The number of rotatable bonds is 11. The van der Waals surface area contributed by atoms with E-state index in [1.165, 1.54) is 0 Å². The summed E-state index contributed by atoms with van der Waals surface area (Å²) < 4.78 is 14.1. The molecule has 7 nitrogen and oxygen atoms in total. The first-order chi connectivity index (χ1) is 17.3. The second-order valence-electron chi connectivity index (χ2n) is 9.97. The first-order valence-corrected chi connectivity index (χ1v) is 12.9. The highest BCUT2D eigenvalue weighted by Gasteiger charge is 2.42. The number of hydrogen-bond acceptors (Lipinski definition) is 6. The molecule has 2 aromatic carbocycles. The van der Waals surface area contributed by atoms with Crippen LogP contribution < -0.4 is 9.47 Å². The SMILES string of the molecule is CCc1nccn1CCCOc1cccc(CN2CC[C@H](O)[C@@](O)(COc3cc(C)cc(C)c3)C2)c1. The van der Waals surface area contributed by atoms with Crippen molar-refractivity contribution in [2.75, 3.05) is 26.3 Å². The number of ether oxygens (including phenoxy) is 2. The molecule has 1 saturated heterocycles. The summed E-state index contributed by atoms with van der Waals surface area (Å²) in [5.41, 5.74) is 2.01. The molecule has 1 aromatic heterocycles. The molecule has 2 heterocycles. The number of piperidine rings is 1. The summed E-state index contributed by atoms with van der Waals surface area (Å²) in [5, 5.41) is 21.8. The molecule has 0 spiro atoms. The van der Waals surface area contributed by atoms with Gasteiger partial charge < -0.3 is 24.3 Å². The molecule has 2 atom stereocenters. The van der Waals surface area contributed by atoms with Gasteiger partial charge in [0.05, 0.1) is 12.7 Å². The maximum atomic E-state index is 11.3. The topological polar surface area (TPSA) is 80.0 Å². The molecule has 0 radical (unpaired) electrons. The predicted octanol–water partition coefficient (Wildman–Crippen LogP) is 3.91. The van der Waals surface area contributed by atoms with Crippen LogP contribution >= 0.6 is 0 Å². The Bertz CT molecular complexity index is 1110. The van der Waals surface area contributed by atoms with Crippen LogP contribution in [0.3, 0.4) is 0 Å². The average molecular weight is 494 g/mol. The fourth-order valence-electron chi connectivity index (χ4n) is 4.92. The minimum atomic E-state index is -1.32. The maximum absolute atomic E-state index is 11.3. The summed E-state index contributed by atoms with van der Waals surface area (Å²) in [6.45, 7) is 9.45. The van der Waals surface area contributed by atoms with Crippen molar-refractivity contribution in [3.8, 4) is 11.5 Å². The van der Waals surface area contributed by atoms with Crippen molar-refractivity contribution in [3.63, 3.8) is 0 Å². The molecular formula is C29H39N3O4. The predicted molar refractivity (Wildman–Crippen MR) is 140 cm³/mol. The quantitative estimate of drug-likeness (QED) is 0.395. The Kier molecular flexibility index (Phi) is 8.67. The summed E-state index contributed by atoms with van der Waals surface area (Å²) in [6.07, 6.45) is 5.37. The molecule has 2 N–H and O–H groups in total. The van der Waals surface area contributed by atoms with E-state index < -0.39 is 11.7 Å². The lowest BCUT2D eigenvalue weighted by atomic mass is 9.90. The molecule has 7 heteroatoms. The minimum absolute atomic E-state index is 0.0490. The number of nitrogens with zero attached hydrogens (tertiary/aromatic N) is 3. The Balaban J connectivity index is 1.29. The first kappa shape index (κ1) is 26.2. The molecule has 0 amide bonds. The summed E-state index contributed by atoms with van der Waals surface area (Å²) >= 11 is 0. The molecule has 0 unspecified atom stereocenters. The molecule has 1 aliphatic rings. The third kappa shape index (κ3) is 6.87. The monoisotopic (exact) mass is 493 g/mol. The van der Waals surface area contributed by atoms with E-state index in [1.807, 2.05) is 50.5 Å². The number of benzene rings is 2. The van der Waals surface area contributed by atoms with Crippen molar-refractivity contribution in [1.82, 2.24) is 14.5 Å². The van der Waals surface area contributed by atoms with E-state index in [0.29, 0.717) is 38.4 Å². The van der Waals surface area contributed by atoms with E-state index >= 15 is 0 Å². The summed E-state index contributed by atoms with van der Waals surface area (Å²) in [5.74, 6) is 2.66. The van der Waals surface area contributed by atoms with Gasteiger partial charge in [0.2, 0.25) is 0 Å². The Labute approximate surface area is 214 Å². The molecule has 1 fully saturated rings. The van der Waals surface area contributed by atoms with Gasteiger partial charge in [-0.05, 0) is 67.6 Å². The zero-order valence-corrected chi connectivity index (χ0v) is 21.7. The fourth-order valence-corrected chi connectivity index (χ4v) is 4.92. The largest absolute Gasteiger partial charge is 0.494 e. The smallest absolute Gasteiger partial charge is 0.137 e. The number of imidazole rings is 1. The molecule has 1 aliphatic heterocycles. The van der Waals surface area contributed by atoms with Gasteiger partial charge in [0, 0.05) is 45.0 Å². The number of likely N-dealkylation sites (tertiary alicyclic amines) is 1. The Morgan fingerprint density at radius 3 is 2.67 bits per heavy atom. The van der Waals surface area contributed by atoms with E-state index in [-0.39, 0.29) is 6.61 Å². The van der Waals surface area contributed by atoms with Gasteiger partial charge in [-0.3, -0.25) is 4.90 Å². The number of aromatic nitrogens is 2. The molecule has 36 heavy (non-hydrogen) atoms. The average Bonchev–Trinajstić information content (AvgIpc) is 3.30. The van der Waals surface area contributed by atoms with Crippen molar-refractivity contribution in [3.05, 3.63) is 77.4 Å². The van der Waals surface area contributed by atoms with Crippen molar-refractivity contribution >= 4 is 0 Å². The van der Waals surface area contributed by atoms with Crippen LogP contribution in [-0.2, 0) is 19.5 Å². The zero-order valence-electron chi connectivity index (χ0n) is 21.7. The van der Waals surface area contributed by atoms with Gasteiger partial charge in [-0.25, -0.2) is 4.98 Å². The van der Waals surface area contributed by atoms with Gasteiger partial charge in [-0.15, -0.1) is 0 Å². The van der Waals surface area contributed by atoms with Crippen molar-refractivity contribution < 1.29 is 19.7 Å². The lowest BCUT2D eigenvalue weighted by molar-refractivity contribution is -0.140. The first-order valence-electron chi connectivity index (χ1n) is 12.9. The van der Waals surface area contributed by atoms with Crippen LogP contribution in [0.2, 0.25) is 0 Å². The molecule has 3 aromatic rings. The molecule has 194 valence electrons. The lowest BCUT2D eigenvalue weighted by Gasteiger charge is -2.42. The van der Waals surface area contributed by atoms with Gasteiger partial charge in [0.25, 0.3) is 0 Å². The van der Waals surface area contributed by atoms with E-state index in [1.54, 1.807) is 0 Å². The van der Waals surface area contributed by atoms with Crippen molar-refractivity contribution in [2.24, 2.45) is 0 Å². The van der Waals surface area contributed by atoms with Crippen LogP contribution in [-0.4, -0.2) is 62.7 Å². The molecular weight excluding hydrogens is 454 g/mol. The van der Waals surface area contributed by atoms with Gasteiger partial charge >= 0.3 is 0 Å². The minimum Gasteiger partial charge on any atom is -0.494 e. The Morgan fingerprint density at radius 2 is 1.89 bits per heavy atom. The highest BCUT2D eigenvalue weighted by atomic mass is 16.5. The van der Waals surface area contributed by atoms with Crippen LogP contribution in [0.4, 0.5) is 0 Å². The van der Waals surface area contributed by atoms with E-state index in [2.05, 4.69) is 39.6 Å². The van der Waals surface area contributed by atoms with E-state index in [0.717, 1.165) is 47.7 Å². The third-order valence-electron chi connectivity index (χ3n) is 6.76.